The largest absolute Gasteiger partial charge is 0.453 e. The number of carbonyl (C=O) groups is 1. The highest BCUT2D eigenvalue weighted by atomic mass is 16.5. The summed E-state index contributed by atoms with van der Waals surface area (Å²) in [5.41, 5.74) is 0. The van der Waals surface area contributed by atoms with Gasteiger partial charge in [-0.25, -0.2) is 4.79 Å². The molecule has 0 saturated heterocycles. The SMILES string of the molecule is CNC1CCCC(NC(=O)OC)C1. The third kappa shape index (κ3) is 3.22. The minimum absolute atomic E-state index is 0.277. The van der Waals surface area contributed by atoms with E-state index in [2.05, 4.69) is 15.4 Å². The zero-order valence-corrected chi connectivity index (χ0v) is 8.30. The Labute approximate surface area is 79.0 Å². The minimum atomic E-state index is -0.318. The molecule has 0 spiro atoms. The Morgan fingerprint density at radius 1 is 1.38 bits per heavy atom. The van der Waals surface area contributed by atoms with Gasteiger partial charge < -0.3 is 15.4 Å². The van der Waals surface area contributed by atoms with Gasteiger partial charge in [0.05, 0.1) is 7.11 Å². The van der Waals surface area contributed by atoms with E-state index >= 15 is 0 Å². The van der Waals surface area contributed by atoms with Crippen LogP contribution in [0.15, 0.2) is 0 Å². The summed E-state index contributed by atoms with van der Waals surface area (Å²) in [5, 5.41) is 6.06. The Morgan fingerprint density at radius 3 is 2.69 bits per heavy atom. The number of alkyl carbamates (subject to hydrolysis) is 1. The van der Waals surface area contributed by atoms with Crippen LogP contribution in [0.1, 0.15) is 25.7 Å². The van der Waals surface area contributed by atoms with Gasteiger partial charge in [-0.1, -0.05) is 0 Å². The van der Waals surface area contributed by atoms with E-state index in [4.69, 9.17) is 0 Å². The number of methoxy groups -OCH3 is 1. The molecule has 1 fully saturated rings. The zero-order chi connectivity index (χ0) is 9.68. The maximum Gasteiger partial charge on any atom is 0.407 e. The van der Waals surface area contributed by atoms with E-state index in [9.17, 15) is 4.79 Å². The first-order valence-electron chi connectivity index (χ1n) is 4.78. The fraction of sp³-hybridized carbons (Fsp3) is 0.889. The van der Waals surface area contributed by atoms with Crippen LogP contribution in [0.3, 0.4) is 0 Å². The average Bonchev–Trinajstić information content (AvgIpc) is 2.18. The average molecular weight is 186 g/mol. The van der Waals surface area contributed by atoms with E-state index in [1.54, 1.807) is 0 Å². The van der Waals surface area contributed by atoms with Crippen molar-refractivity contribution in [1.82, 2.24) is 10.6 Å². The van der Waals surface area contributed by atoms with Crippen LogP contribution in [0.5, 0.6) is 0 Å². The molecule has 4 heteroatoms. The molecule has 2 N–H and O–H groups in total. The zero-order valence-electron chi connectivity index (χ0n) is 8.30. The number of amides is 1. The Kier molecular flexibility index (Phi) is 4.02. The molecule has 0 bridgehead atoms. The molecule has 0 aliphatic heterocycles. The lowest BCUT2D eigenvalue weighted by Gasteiger charge is -2.28. The number of carbonyl (C=O) groups excluding carboxylic acids is 1. The van der Waals surface area contributed by atoms with Crippen LogP contribution in [-0.2, 0) is 4.74 Å². The smallest absolute Gasteiger partial charge is 0.407 e. The summed E-state index contributed by atoms with van der Waals surface area (Å²) >= 11 is 0. The van der Waals surface area contributed by atoms with Crippen molar-refractivity contribution in [2.45, 2.75) is 37.8 Å². The molecule has 76 valence electrons. The predicted octanol–water partition coefficient (Wildman–Crippen LogP) is 0.873. The van der Waals surface area contributed by atoms with Crippen LogP contribution < -0.4 is 10.6 Å². The topological polar surface area (TPSA) is 50.4 Å². The Hall–Kier alpha value is -0.770. The van der Waals surface area contributed by atoms with Crippen LogP contribution in [0.25, 0.3) is 0 Å². The van der Waals surface area contributed by atoms with E-state index < -0.39 is 0 Å². The van der Waals surface area contributed by atoms with Crippen molar-refractivity contribution in [2.75, 3.05) is 14.2 Å². The number of ether oxygens (including phenoxy) is 1. The van der Waals surface area contributed by atoms with Crippen molar-refractivity contribution in [3.63, 3.8) is 0 Å². The quantitative estimate of drug-likeness (QED) is 0.673. The molecule has 2 atom stereocenters. The number of nitrogens with one attached hydrogen (secondary N) is 2. The second-order valence-electron chi connectivity index (χ2n) is 3.49. The molecule has 0 aromatic rings. The van der Waals surface area contributed by atoms with Crippen molar-refractivity contribution in [1.29, 1.82) is 0 Å². The molecule has 13 heavy (non-hydrogen) atoms. The van der Waals surface area contributed by atoms with Crippen molar-refractivity contribution in [2.24, 2.45) is 0 Å². The summed E-state index contributed by atoms with van der Waals surface area (Å²) in [6.07, 6.45) is 4.12. The van der Waals surface area contributed by atoms with Gasteiger partial charge in [-0.2, -0.15) is 0 Å². The van der Waals surface area contributed by atoms with Crippen LogP contribution in [-0.4, -0.2) is 32.3 Å². The summed E-state index contributed by atoms with van der Waals surface area (Å²) in [7, 11) is 3.36. The molecule has 2 unspecified atom stereocenters. The van der Waals surface area contributed by atoms with Gasteiger partial charge in [0.1, 0.15) is 0 Å². The highest BCUT2D eigenvalue weighted by Crippen LogP contribution is 2.18. The molecular weight excluding hydrogens is 168 g/mol. The molecule has 0 heterocycles. The van der Waals surface area contributed by atoms with Gasteiger partial charge >= 0.3 is 6.09 Å². The normalized spacial score (nSPS) is 28.2. The first-order valence-corrected chi connectivity index (χ1v) is 4.78. The Bertz CT molecular complexity index is 173. The van der Waals surface area contributed by atoms with E-state index in [0.717, 1.165) is 12.8 Å². The summed E-state index contributed by atoms with van der Waals surface area (Å²) < 4.78 is 4.55. The van der Waals surface area contributed by atoms with E-state index in [1.165, 1.54) is 20.0 Å². The summed E-state index contributed by atoms with van der Waals surface area (Å²) in [4.78, 5) is 10.9. The second kappa shape index (κ2) is 5.07. The van der Waals surface area contributed by atoms with Crippen molar-refractivity contribution in [3.05, 3.63) is 0 Å². The van der Waals surface area contributed by atoms with Gasteiger partial charge in [0.25, 0.3) is 0 Å². The molecule has 1 saturated carbocycles. The van der Waals surface area contributed by atoms with Crippen molar-refractivity contribution < 1.29 is 9.53 Å². The van der Waals surface area contributed by atoms with Gasteiger partial charge in [-0.3, -0.25) is 0 Å². The fourth-order valence-electron chi connectivity index (χ4n) is 1.81. The van der Waals surface area contributed by atoms with E-state index in [1.807, 2.05) is 7.05 Å². The highest BCUT2D eigenvalue weighted by molar-refractivity contribution is 5.67. The lowest BCUT2D eigenvalue weighted by Crippen LogP contribution is -2.43. The third-order valence-corrected chi connectivity index (χ3v) is 2.59. The van der Waals surface area contributed by atoms with Crippen molar-refractivity contribution >= 4 is 6.09 Å². The standard InChI is InChI=1S/C9H18N2O2/c1-10-7-4-3-5-8(6-7)11-9(12)13-2/h7-8,10H,3-6H2,1-2H3,(H,11,12). The van der Waals surface area contributed by atoms with Gasteiger partial charge in [0, 0.05) is 12.1 Å². The molecule has 1 amide bonds. The molecule has 1 aliphatic carbocycles. The monoisotopic (exact) mass is 186 g/mol. The fourth-order valence-corrected chi connectivity index (χ4v) is 1.81. The lowest BCUT2D eigenvalue weighted by molar-refractivity contribution is 0.161. The second-order valence-corrected chi connectivity index (χ2v) is 3.49. The number of hydrogen-bond donors (Lipinski definition) is 2. The Morgan fingerprint density at radius 2 is 2.08 bits per heavy atom. The molecule has 1 rings (SSSR count). The molecule has 4 nitrogen and oxygen atoms in total. The molecule has 0 aromatic heterocycles. The third-order valence-electron chi connectivity index (χ3n) is 2.59. The number of hydrogen-bond acceptors (Lipinski definition) is 3. The first kappa shape index (κ1) is 10.3. The summed E-state index contributed by atoms with van der Waals surface area (Å²) in [6, 6.07) is 0.814. The van der Waals surface area contributed by atoms with Crippen molar-refractivity contribution in [3.8, 4) is 0 Å². The van der Waals surface area contributed by atoms with E-state index in [-0.39, 0.29) is 12.1 Å². The summed E-state index contributed by atoms with van der Waals surface area (Å²) in [6.45, 7) is 0. The maximum atomic E-state index is 10.9. The van der Waals surface area contributed by atoms with Crippen LogP contribution in [0.2, 0.25) is 0 Å². The van der Waals surface area contributed by atoms with Crippen LogP contribution in [0, 0.1) is 0 Å². The first-order chi connectivity index (χ1) is 6.26. The maximum absolute atomic E-state index is 10.9. The van der Waals surface area contributed by atoms with Crippen LogP contribution in [0.4, 0.5) is 4.79 Å². The highest BCUT2D eigenvalue weighted by Gasteiger charge is 2.21. The van der Waals surface area contributed by atoms with Gasteiger partial charge in [0.15, 0.2) is 0 Å². The van der Waals surface area contributed by atoms with Gasteiger partial charge in [-0.05, 0) is 32.7 Å². The molecule has 0 aromatic carbocycles. The van der Waals surface area contributed by atoms with E-state index in [0.29, 0.717) is 6.04 Å². The lowest BCUT2D eigenvalue weighted by atomic mass is 9.91. The Balaban J connectivity index is 2.29. The molecule has 0 radical (unpaired) electrons. The summed E-state index contributed by atoms with van der Waals surface area (Å²) in [5.74, 6) is 0. The predicted molar refractivity (Wildman–Crippen MR) is 50.6 cm³/mol. The minimum Gasteiger partial charge on any atom is -0.453 e. The van der Waals surface area contributed by atoms with Crippen LogP contribution >= 0.6 is 0 Å². The molecule has 1 aliphatic rings. The van der Waals surface area contributed by atoms with Gasteiger partial charge in [0.2, 0.25) is 0 Å². The van der Waals surface area contributed by atoms with Gasteiger partial charge in [-0.15, -0.1) is 0 Å². The molecular formula is C9H18N2O2. The number of rotatable bonds is 2.